The third-order valence-corrected chi connectivity index (χ3v) is 5.47. The average Bonchev–Trinajstić information content (AvgIpc) is 2.60. The highest BCUT2D eigenvalue weighted by atomic mass is 16.1. The molecule has 156 valence electrons. The number of primary amides is 1. The van der Waals surface area contributed by atoms with Gasteiger partial charge in [-0.2, -0.15) is 0 Å². The van der Waals surface area contributed by atoms with Crippen LogP contribution >= 0.6 is 0 Å². The molecule has 0 bridgehead atoms. The fraction of sp³-hybridized carbons (Fsp3) is 0.957. The Labute approximate surface area is 164 Å². The van der Waals surface area contributed by atoms with Crippen molar-refractivity contribution in [2.45, 2.75) is 116 Å². The van der Waals surface area contributed by atoms with E-state index in [0.717, 1.165) is 32.2 Å². The number of hydrogen-bond donors (Lipinski definition) is 1. The summed E-state index contributed by atoms with van der Waals surface area (Å²) in [5.41, 5.74) is 5.56. The molecule has 0 spiro atoms. The zero-order valence-corrected chi connectivity index (χ0v) is 18.2. The molecule has 0 heterocycles. The Morgan fingerprint density at radius 1 is 0.692 bits per heavy atom. The number of unbranched alkanes of at least 4 members (excludes halogenated alkanes) is 13. The maximum Gasteiger partial charge on any atom is 0.220 e. The van der Waals surface area contributed by atoms with Crippen LogP contribution in [-0.2, 0) is 4.79 Å². The van der Waals surface area contributed by atoms with Gasteiger partial charge in [-0.1, -0.05) is 96.8 Å². The minimum Gasteiger partial charge on any atom is -0.369 e. The molecule has 1 atom stereocenters. The molecule has 0 aromatic rings. The maximum atomic E-state index is 11.5. The molecule has 0 fully saturated rings. The van der Waals surface area contributed by atoms with Crippen LogP contribution in [0, 0.1) is 5.92 Å². The van der Waals surface area contributed by atoms with Crippen LogP contribution < -0.4 is 5.73 Å². The Bertz CT molecular complexity index is 305. The fourth-order valence-electron chi connectivity index (χ4n) is 3.67. The summed E-state index contributed by atoms with van der Waals surface area (Å²) < 4.78 is 0. The van der Waals surface area contributed by atoms with Gasteiger partial charge in [0.05, 0.1) is 0 Å². The van der Waals surface area contributed by atoms with E-state index in [1.165, 1.54) is 83.5 Å². The van der Waals surface area contributed by atoms with Crippen LogP contribution in [0.5, 0.6) is 0 Å². The number of carbonyl (C=O) groups is 1. The molecule has 0 aliphatic rings. The van der Waals surface area contributed by atoms with Crippen molar-refractivity contribution in [2.24, 2.45) is 11.7 Å². The summed E-state index contributed by atoms with van der Waals surface area (Å²) in [6, 6.07) is 0. The minimum atomic E-state index is -0.0987. The molecular formula is C23H48N2O. The van der Waals surface area contributed by atoms with Crippen LogP contribution in [0.1, 0.15) is 116 Å². The highest BCUT2D eigenvalue weighted by molar-refractivity contribution is 5.76. The van der Waals surface area contributed by atoms with Crippen molar-refractivity contribution in [1.29, 1.82) is 0 Å². The molecule has 26 heavy (non-hydrogen) atoms. The van der Waals surface area contributed by atoms with E-state index in [4.69, 9.17) is 5.73 Å². The SMILES string of the molecule is CCCCCCCCCCCCCCCCC(CCCN(C)C)C(N)=O. The summed E-state index contributed by atoms with van der Waals surface area (Å²) in [5.74, 6) is -0.00859. The van der Waals surface area contributed by atoms with Crippen LogP contribution in [0.15, 0.2) is 0 Å². The standard InChI is InChI=1S/C23H48N2O/c1-4-5-6-7-8-9-10-11-12-13-14-15-16-17-19-22(23(24)26)20-18-21-25(2)3/h22H,4-21H2,1-3H3,(H2,24,26). The smallest absolute Gasteiger partial charge is 0.220 e. The van der Waals surface area contributed by atoms with Crippen molar-refractivity contribution in [3.8, 4) is 0 Å². The molecule has 3 heteroatoms. The molecule has 1 amide bonds. The number of nitrogens with zero attached hydrogens (tertiary/aromatic N) is 1. The van der Waals surface area contributed by atoms with Crippen LogP contribution in [-0.4, -0.2) is 31.4 Å². The second-order valence-electron chi connectivity index (χ2n) is 8.43. The molecule has 1 unspecified atom stereocenters. The van der Waals surface area contributed by atoms with Crippen LogP contribution in [0.3, 0.4) is 0 Å². The molecule has 2 N–H and O–H groups in total. The van der Waals surface area contributed by atoms with Crippen LogP contribution in [0.2, 0.25) is 0 Å². The predicted molar refractivity (Wildman–Crippen MR) is 115 cm³/mol. The van der Waals surface area contributed by atoms with Crippen LogP contribution in [0.4, 0.5) is 0 Å². The molecule has 0 aromatic carbocycles. The van der Waals surface area contributed by atoms with Gasteiger partial charge in [0.15, 0.2) is 0 Å². The second kappa shape index (κ2) is 19.2. The lowest BCUT2D eigenvalue weighted by molar-refractivity contribution is -0.122. The van der Waals surface area contributed by atoms with E-state index in [0.29, 0.717) is 0 Å². The normalized spacial score (nSPS) is 12.6. The minimum absolute atomic E-state index is 0.0901. The van der Waals surface area contributed by atoms with E-state index < -0.39 is 0 Å². The highest BCUT2D eigenvalue weighted by Crippen LogP contribution is 2.17. The summed E-state index contributed by atoms with van der Waals surface area (Å²) >= 11 is 0. The molecule has 0 rings (SSSR count). The topological polar surface area (TPSA) is 46.3 Å². The van der Waals surface area contributed by atoms with Gasteiger partial charge in [0.1, 0.15) is 0 Å². The number of carbonyl (C=O) groups excluding carboxylic acids is 1. The van der Waals surface area contributed by atoms with Crippen molar-refractivity contribution in [3.63, 3.8) is 0 Å². The summed E-state index contributed by atoms with van der Waals surface area (Å²) in [5, 5.41) is 0. The maximum absolute atomic E-state index is 11.5. The lowest BCUT2D eigenvalue weighted by Crippen LogP contribution is -2.24. The van der Waals surface area contributed by atoms with Crippen LogP contribution in [0.25, 0.3) is 0 Å². The van der Waals surface area contributed by atoms with Crippen molar-refractivity contribution in [3.05, 3.63) is 0 Å². The van der Waals surface area contributed by atoms with Gasteiger partial charge in [-0.3, -0.25) is 4.79 Å². The van der Waals surface area contributed by atoms with E-state index in [2.05, 4.69) is 25.9 Å². The largest absolute Gasteiger partial charge is 0.369 e. The Morgan fingerprint density at radius 3 is 1.46 bits per heavy atom. The van der Waals surface area contributed by atoms with Gasteiger partial charge in [-0.25, -0.2) is 0 Å². The Balaban J connectivity index is 3.36. The molecule has 3 nitrogen and oxygen atoms in total. The first kappa shape index (κ1) is 25.4. The summed E-state index contributed by atoms with van der Waals surface area (Å²) in [7, 11) is 4.15. The third-order valence-electron chi connectivity index (χ3n) is 5.47. The van der Waals surface area contributed by atoms with Gasteiger partial charge >= 0.3 is 0 Å². The number of nitrogens with two attached hydrogens (primary N) is 1. The zero-order valence-electron chi connectivity index (χ0n) is 18.2. The highest BCUT2D eigenvalue weighted by Gasteiger charge is 2.14. The number of rotatable bonds is 20. The number of amides is 1. The molecule has 0 aliphatic carbocycles. The Kier molecular flexibility index (Phi) is 18.8. The van der Waals surface area contributed by atoms with Gasteiger partial charge in [-0.05, 0) is 39.9 Å². The Hall–Kier alpha value is -0.570. The molecule has 0 radical (unpaired) electrons. The summed E-state index contributed by atoms with van der Waals surface area (Å²) in [4.78, 5) is 13.7. The number of hydrogen-bond acceptors (Lipinski definition) is 2. The molecule has 0 aromatic heterocycles. The van der Waals surface area contributed by atoms with E-state index in [9.17, 15) is 4.79 Å². The first-order valence-corrected chi connectivity index (χ1v) is 11.5. The van der Waals surface area contributed by atoms with Gasteiger partial charge in [0, 0.05) is 5.92 Å². The molecule has 0 saturated carbocycles. The third kappa shape index (κ3) is 18.2. The Morgan fingerprint density at radius 2 is 1.08 bits per heavy atom. The predicted octanol–water partition coefficient (Wildman–Crippen LogP) is 6.30. The average molecular weight is 369 g/mol. The van der Waals surface area contributed by atoms with E-state index in [1.807, 2.05) is 0 Å². The lowest BCUT2D eigenvalue weighted by Gasteiger charge is -2.15. The van der Waals surface area contributed by atoms with Gasteiger partial charge in [0.2, 0.25) is 5.91 Å². The van der Waals surface area contributed by atoms with Gasteiger partial charge < -0.3 is 10.6 Å². The zero-order chi connectivity index (χ0) is 19.5. The summed E-state index contributed by atoms with van der Waals surface area (Å²) in [6.07, 6.45) is 22.3. The van der Waals surface area contributed by atoms with E-state index in [1.54, 1.807) is 0 Å². The van der Waals surface area contributed by atoms with Crippen molar-refractivity contribution in [1.82, 2.24) is 4.90 Å². The second-order valence-corrected chi connectivity index (χ2v) is 8.43. The van der Waals surface area contributed by atoms with E-state index in [-0.39, 0.29) is 11.8 Å². The van der Waals surface area contributed by atoms with Crippen molar-refractivity contribution >= 4 is 5.91 Å². The van der Waals surface area contributed by atoms with Crippen molar-refractivity contribution in [2.75, 3.05) is 20.6 Å². The summed E-state index contributed by atoms with van der Waals surface area (Å²) in [6.45, 7) is 3.32. The molecule has 0 aliphatic heterocycles. The van der Waals surface area contributed by atoms with Gasteiger partial charge in [-0.15, -0.1) is 0 Å². The first-order valence-electron chi connectivity index (χ1n) is 11.5. The lowest BCUT2D eigenvalue weighted by atomic mass is 9.95. The molecular weight excluding hydrogens is 320 g/mol. The van der Waals surface area contributed by atoms with Gasteiger partial charge in [0.25, 0.3) is 0 Å². The molecule has 0 saturated heterocycles. The van der Waals surface area contributed by atoms with Crippen molar-refractivity contribution < 1.29 is 4.79 Å². The van der Waals surface area contributed by atoms with E-state index >= 15 is 0 Å². The monoisotopic (exact) mass is 368 g/mol. The first-order chi connectivity index (χ1) is 12.6. The quantitative estimate of drug-likeness (QED) is 0.256. The fourth-order valence-corrected chi connectivity index (χ4v) is 3.67.